The molecule has 25 heavy (non-hydrogen) atoms. The van der Waals surface area contributed by atoms with Crippen LogP contribution in [0.25, 0.3) is 0 Å². The van der Waals surface area contributed by atoms with Crippen LogP contribution in [0.2, 0.25) is 5.02 Å². The molecule has 132 valence electrons. The summed E-state index contributed by atoms with van der Waals surface area (Å²) in [6, 6.07) is 9.68. The molecule has 0 bridgehead atoms. The fraction of sp³-hybridized carbons (Fsp3) is 0.389. The molecule has 1 saturated heterocycles. The lowest BCUT2D eigenvalue weighted by molar-refractivity contribution is -0.129. The molecule has 2 aromatic rings. The second kappa shape index (κ2) is 7.70. The zero-order chi connectivity index (χ0) is 17.8. The fourth-order valence-electron chi connectivity index (χ4n) is 2.83. The van der Waals surface area contributed by atoms with Gasteiger partial charge in [0.2, 0.25) is 11.9 Å². The van der Waals surface area contributed by atoms with Crippen molar-refractivity contribution in [3.8, 4) is 0 Å². The van der Waals surface area contributed by atoms with Gasteiger partial charge >= 0.3 is 0 Å². The fourth-order valence-corrected chi connectivity index (χ4v) is 3.04. The maximum atomic E-state index is 11.5. The number of amides is 1. The molecule has 6 nitrogen and oxygen atoms in total. The molecule has 1 amide bonds. The molecule has 0 radical (unpaired) electrons. The molecule has 1 N–H and O–H groups in total. The predicted octanol–water partition coefficient (Wildman–Crippen LogP) is 2.72. The van der Waals surface area contributed by atoms with Crippen molar-refractivity contribution in [2.75, 3.05) is 36.4 Å². The van der Waals surface area contributed by atoms with Crippen molar-refractivity contribution in [1.82, 2.24) is 14.9 Å². The zero-order valence-electron chi connectivity index (χ0n) is 14.5. The lowest BCUT2D eigenvalue weighted by atomic mass is 10.2. The van der Waals surface area contributed by atoms with Crippen molar-refractivity contribution < 1.29 is 4.79 Å². The first-order chi connectivity index (χ1) is 12.0. The molecule has 1 aliphatic heterocycles. The molecule has 0 aliphatic carbocycles. The standard InChI is InChI=1S/C18H22ClN5O/c1-13-11-17(20-12-15-5-3-4-6-16(15)19)22-18(21-13)24-9-7-23(8-10-24)14(2)25/h3-6,11H,7-10,12H2,1-2H3,(H,20,21,22). The number of nitrogens with zero attached hydrogens (tertiary/aromatic N) is 4. The molecular formula is C18H22ClN5O. The van der Waals surface area contributed by atoms with E-state index in [1.807, 2.05) is 42.2 Å². The maximum Gasteiger partial charge on any atom is 0.227 e. The van der Waals surface area contributed by atoms with E-state index in [0.29, 0.717) is 25.6 Å². The van der Waals surface area contributed by atoms with Crippen molar-refractivity contribution in [2.24, 2.45) is 0 Å². The number of anilines is 2. The lowest BCUT2D eigenvalue weighted by Crippen LogP contribution is -2.48. The molecule has 1 aromatic heterocycles. The molecule has 0 unspecified atom stereocenters. The van der Waals surface area contributed by atoms with Crippen LogP contribution in [-0.4, -0.2) is 47.0 Å². The first-order valence-electron chi connectivity index (χ1n) is 8.36. The summed E-state index contributed by atoms with van der Waals surface area (Å²) in [4.78, 5) is 24.6. The van der Waals surface area contributed by atoms with Crippen molar-refractivity contribution in [3.63, 3.8) is 0 Å². The average Bonchev–Trinajstić information content (AvgIpc) is 2.60. The number of aryl methyl sites for hydroxylation is 1. The normalized spacial score (nSPS) is 14.5. The highest BCUT2D eigenvalue weighted by Crippen LogP contribution is 2.19. The summed E-state index contributed by atoms with van der Waals surface area (Å²) in [5.74, 6) is 1.59. The average molecular weight is 360 g/mol. The van der Waals surface area contributed by atoms with Gasteiger partial charge in [0, 0.05) is 56.4 Å². The SMILES string of the molecule is CC(=O)N1CCN(c2nc(C)cc(NCc3ccccc3Cl)n2)CC1. The molecule has 0 saturated carbocycles. The number of hydrogen-bond donors (Lipinski definition) is 1. The van der Waals surface area contributed by atoms with Crippen LogP contribution >= 0.6 is 11.6 Å². The van der Waals surface area contributed by atoms with Gasteiger partial charge in [-0.2, -0.15) is 4.98 Å². The number of hydrogen-bond acceptors (Lipinski definition) is 5. The molecule has 0 atom stereocenters. The topological polar surface area (TPSA) is 61.4 Å². The molecule has 1 fully saturated rings. The van der Waals surface area contributed by atoms with Gasteiger partial charge in [0.05, 0.1) is 0 Å². The van der Waals surface area contributed by atoms with Gasteiger partial charge in [-0.05, 0) is 18.6 Å². The van der Waals surface area contributed by atoms with E-state index in [-0.39, 0.29) is 5.91 Å². The molecule has 1 aromatic carbocycles. The number of benzene rings is 1. The first-order valence-corrected chi connectivity index (χ1v) is 8.74. The smallest absolute Gasteiger partial charge is 0.227 e. The second-order valence-corrected chi connectivity index (χ2v) is 6.54. The van der Waals surface area contributed by atoms with E-state index in [1.54, 1.807) is 6.92 Å². The Morgan fingerprint density at radius 3 is 2.60 bits per heavy atom. The summed E-state index contributed by atoms with van der Waals surface area (Å²) in [6.45, 7) is 7.06. The number of carbonyl (C=O) groups is 1. The van der Waals surface area contributed by atoms with Crippen LogP contribution in [0.15, 0.2) is 30.3 Å². The largest absolute Gasteiger partial charge is 0.366 e. The summed E-state index contributed by atoms with van der Waals surface area (Å²) >= 11 is 6.20. The van der Waals surface area contributed by atoms with Gasteiger partial charge < -0.3 is 15.1 Å². The van der Waals surface area contributed by atoms with Gasteiger partial charge in [-0.15, -0.1) is 0 Å². The molecule has 3 rings (SSSR count). The molecule has 2 heterocycles. The number of aromatic nitrogens is 2. The third-order valence-electron chi connectivity index (χ3n) is 4.27. The molecule has 0 spiro atoms. The Hall–Kier alpha value is -2.34. The summed E-state index contributed by atoms with van der Waals surface area (Å²) < 4.78 is 0. The van der Waals surface area contributed by atoms with E-state index in [9.17, 15) is 4.79 Å². The van der Waals surface area contributed by atoms with Gasteiger partial charge in [0.1, 0.15) is 5.82 Å². The van der Waals surface area contributed by atoms with E-state index >= 15 is 0 Å². The maximum absolute atomic E-state index is 11.5. The van der Waals surface area contributed by atoms with Crippen LogP contribution in [0.3, 0.4) is 0 Å². The highest BCUT2D eigenvalue weighted by molar-refractivity contribution is 6.31. The van der Waals surface area contributed by atoms with Crippen LogP contribution in [0.4, 0.5) is 11.8 Å². The van der Waals surface area contributed by atoms with Crippen molar-refractivity contribution >= 4 is 29.3 Å². The van der Waals surface area contributed by atoms with E-state index < -0.39 is 0 Å². The van der Waals surface area contributed by atoms with Gasteiger partial charge in [-0.1, -0.05) is 29.8 Å². The van der Waals surface area contributed by atoms with E-state index in [1.165, 1.54) is 0 Å². The van der Waals surface area contributed by atoms with Crippen molar-refractivity contribution in [1.29, 1.82) is 0 Å². The minimum atomic E-state index is 0.118. The monoisotopic (exact) mass is 359 g/mol. The van der Waals surface area contributed by atoms with Crippen molar-refractivity contribution in [2.45, 2.75) is 20.4 Å². The number of halogens is 1. The van der Waals surface area contributed by atoms with Gasteiger partial charge in [-0.3, -0.25) is 4.79 Å². The zero-order valence-corrected chi connectivity index (χ0v) is 15.3. The third-order valence-corrected chi connectivity index (χ3v) is 4.64. The second-order valence-electron chi connectivity index (χ2n) is 6.13. The Kier molecular flexibility index (Phi) is 5.38. The summed E-state index contributed by atoms with van der Waals surface area (Å²) in [7, 11) is 0. The quantitative estimate of drug-likeness (QED) is 0.909. The third kappa shape index (κ3) is 4.39. The van der Waals surface area contributed by atoms with Gasteiger partial charge in [0.15, 0.2) is 0 Å². The first kappa shape index (κ1) is 17.5. The number of piperazine rings is 1. The van der Waals surface area contributed by atoms with E-state index in [2.05, 4.69) is 20.2 Å². The number of rotatable bonds is 4. The molecular weight excluding hydrogens is 338 g/mol. The lowest BCUT2D eigenvalue weighted by Gasteiger charge is -2.34. The predicted molar refractivity (Wildman–Crippen MR) is 100 cm³/mol. The highest BCUT2D eigenvalue weighted by Gasteiger charge is 2.21. The number of carbonyl (C=O) groups excluding carboxylic acids is 1. The van der Waals surface area contributed by atoms with Gasteiger partial charge in [0.25, 0.3) is 0 Å². The Morgan fingerprint density at radius 2 is 1.92 bits per heavy atom. The summed E-state index contributed by atoms with van der Waals surface area (Å²) in [5, 5.41) is 4.06. The van der Waals surface area contributed by atoms with Crippen LogP contribution in [0.1, 0.15) is 18.2 Å². The van der Waals surface area contributed by atoms with Crippen LogP contribution < -0.4 is 10.2 Å². The Morgan fingerprint density at radius 1 is 1.20 bits per heavy atom. The van der Waals surface area contributed by atoms with E-state index in [4.69, 9.17) is 11.6 Å². The van der Waals surface area contributed by atoms with Crippen LogP contribution in [0.5, 0.6) is 0 Å². The Balaban J connectivity index is 1.69. The van der Waals surface area contributed by atoms with Crippen LogP contribution in [0, 0.1) is 6.92 Å². The van der Waals surface area contributed by atoms with Crippen molar-refractivity contribution in [3.05, 3.63) is 46.6 Å². The molecule has 1 aliphatic rings. The van der Waals surface area contributed by atoms with Crippen LogP contribution in [-0.2, 0) is 11.3 Å². The highest BCUT2D eigenvalue weighted by atomic mass is 35.5. The summed E-state index contributed by atoms with van der Waals surface area (Å²) in [5.41, 5.74) is 1.93. The minimum absolute atomic E-state index is 0.118. The molecule has 7 heteroatoms. The summed E-state index contributed by atoms with van der Waals surface area (Å²) in [6.07, 6.45) is 0. The van der Waals surface area contributed by atoms with Gasteiger partial charge in [-0.25, -0.2) is 4.98 Å². The minimum Gasteiger partial charge on any atom is -0.366 e. The van der Waals surface area contributed by atoms with E-state index in [0.717, 1.165) is 35.2 Å². The Labute approximate surface area is 152 Å². The number of nitrogens with one attached hydrogen (secondary N) is 1. The Bertz CT molecular complexity index is 759.